The number of unbranched alkanes of at least 4 members (excludes halogenated alkanes) is 15. The summed E-state index contributed by atoms with van der Waals surface area (Å²) in [6.45, 7) is 4.55. The maximum atomic E-state index is 11.1. The van der Waals surface area contributed by atoms with Crippen molar-refractivity contribution < 1.29 is 27.5 Å². The molecule has 5 heteroatoms. The Balaban J connectivity index is 0.000000358. The van der Waals surface area contributed by atoms with Gasteiger partial charge in [0.05, 0.1) is 0 Å². The number of benzene rings is 4. The average molecular weight is 772 g/mol. The Morgan fingerprint density at radius 3 is 1.20 bits per heavy atom. The van der Waals surface area contributed by atoms with Crippen molar-refractivity contribution in [3.63, 3.8) is 0 Å². The van der Waals surface area contributed by atoms with Gasteiger partial charge in [0.2, 0.25) is 11.4 Å². The van der Waals surface area contributed by atoms with Crippen LogP contribution in [-0.2, 0) is 27.9 Å². The summed E-state index contributed by atoms with van der Waals surface area (Å²) >= 11 is 0.777. The SMILES string of the molecule is CCCCCCCCCCCCCc1cccc(C2=CC=C(c3cccc(CCCCCCCC)c3)[N+]2=[N-])c1.c1ccc([O][Ni][O]c2ccccc2)cc1. The van der Waals surface area contributed by atoms with E-state index >= 15 is 0 Å². The third kappa shape index (κ3) is 16.6. The van der Waals surface area contributed by atoms with Gasteiger partial charge in [-0.25, -0.2) is 4.70 Å². The van der Waals surface area contributed by atoms with Crippen LogP contribution in [0.5, 0.6) is 11.5 Å². The van der Waals surface area contributed by atoms with Crippen molar-refractivity contribution in [2.24, 2.45) is 0 Å². The number of hydrogen-bond donors (Lipinski definition) is 0. The van der Waals surface area contributed by atoms with Crippen molar-refractivity contribution in [1.29, 1.82) is 0 Å². The predicted molar refractivity (Wildman–Crippen MR) is 224 cm³/mol. The van der Waals surface area contributed by atoms with E-state index in [1.54, 1.807) is 0 Å². The number of para-hydroxylation sites is 2. The molecule has 0 atom stereocenters. The Labute approximate surface area is 334 Å². The zero-order valence-electron chi connectivity index (χ0n) is 33.0. The van der Waals surface area contributed by atoms with Crippen LogP contribution in [-0.4, -0.2) is 4.70 Å². The molecule has 0 unspecified atom stereocenters. The maximum absolute atomic E-state index is 11.1. The third-order valence-corrected chi connectivity index (χ3v) is 10.5. The van der Waals surface area contributed by atoms with E-state index in [4.69, 9.17) is 7.76 Å². The van der Waals surface area contributed by atoms with Crippen LogP contribution in [0.25, 0.3) is 16.9 Å². The van der Waals surface area contributed by atoms with Crippen LogP contribution in [0.3, 0.4) is 0 Å². The van der Waals surface area contributed by atoms with Gasteiger partial charge >= 0.3 is 95.0 Å². The van der Waals surface area contributed by atoms with E-state index < -0.39 is 0 Å². The van der Waals surface area contributed by atoms with E-state index in [-0.39, 0.29) is 0 Å². The topological polar surface area (TPSA) is 43.8 Å². The van der Waals surface area contributed by atoms with Crippen LogP contribution >= 0.6 is 0 Å². The second-order valence-electron chi connectivity index (χ2n) is 14.4. The van der Waals surface area contributed by atoms with Crippen molar-refractivity contribution >= 4 is 11.4 Å². The molecule has 0 aliphatic carbocycles. The van der Waals surface area contributed by atoms with Crippen LogP contribution in [0.2, 0.25) is 0 Å². The number of nitrogens with zero attached hydrogens (tertiary/aromatic N) is 2. The fraction of sp³-hybridized carbons (Fsp3) is 0.429. The molecule has 0 saturated heterocycles. The molecule has 1 aliphatic rings. The molecule has 4 aromatic carbocycles. The molecule has 4 aromatic rings. The molecule has 0 spiro atoms. The fourth-order valence-electron chi connectivity index (χ4n) is 6.74. The Morgan fingerprint density at radius 1 is 0.444 bits per heavy atom. The predicted octanol–water partition coefficient (Wildman–Crippen LogP) is 14.9. The average Bonchev–Trinajstić information content (AvgIpc) is 3.60. The molecular weight excluding hydrogens is 707 g/mol. The molecule has 0 radical (unpaired) electrons. The number of aryl methyl sites for hydroxylation is 2. The van der Waals surface area contributed by atoms with Crippen LogP contribution in [0.4, 0.5) is 0 Å². The molecule has 4 nitrogen and oxygen atoms in total. The van der Waals surface area contributed by atoms with E-state index in [2.05, 4.69) is 74.5 Å². The fourth-order valence-corrected chi connectivity index (χ4v) is 7.24. The van der Waals surface area contributed by atoms with Gasteiger partial charge in [-0.05, 0) is 61.1 Å². The summed E-state index contributed by atoms with van der Waals surface area (Å²) in [5.74, 6) is 1.57. The number of rotatable bonds is 25. The number of allylic oxidation sites excluding steroid dienone is 2. The van der Waals surface area contributed by atoms with Gasteiger partial charge in [0, 0.05) is 23.3 Å². The molecular formula is C49H64N2NiO2. The van der Waals surface area contributed by atoms with Crippen molar-refractivity contribution in [3.05, 3.63) is 149 Å². The van der Waals surface area contributed by atoms with Crippen molar-refractivity contribution in [1.82, 2.24) is 0 Å². The van der Waals surface area contributed by atoms with Gasteiger partial charge in [-0.3, -0.25) is 0 Å². The van der Waals surface area contributed by atoms with Gasteiger partial charge < -0.3 is 5.53 Å². The first-order chi connectivity index (χ1) is 26.7. The summed E-state index contributed by atoms with van der Waals surface area (Å²) < 4.78 is 12.0. The molecule has 0 amide bonds. The number of hydrogen-bond acceptors (Lipinski definition) is 2. The Morgan fingerprint density at radius 2 is 0.815 bits per heavy atom. The van der Waals surface area contributed by atoms with Crippen LogP contribution < -0.4 is 7.76 Å². The molecule has 5 rings (SSSR count). The van der Waals surface area contributed by atoms with Gasteiger partial charge in [-0.15, -0.1) is 0 Å². The zero-order valence-corrected chi connectivity index (χ0v) is 34.0. The van der Waals surface area contributed by atoms with Gasteiger partial charge in [0.1, 0.15) is 0 Å². The van der Waals surface area contributed by atoms with Crippen molar-refractivity contribution in [3.8, 4) is 11.5 Å². The molecule has 0 bridgehead atoms. The molecule has 1 heterocycles. The monoisotopic (exact) mass is 770 g/mol. The van der Waals surface area contributed by atoms with Crippen LogP contribution in [0.15, 0.2) is 121 Å². The van der Waals surface area contributed by atoms with E-state index in [1.165, 1.54) is 125 Å². The van der Waals surface area contributed by atoms with Crippen LogP contribution in [0, 0.1) is 0 Å². The molecule has 0 saturated carbocycles. The first-order valence-corrected chi connectivity index (χ1v) is 21.6. The molecule has 0 aromatic heterocycles. The van der Waals surface area contributed by atoms with Crippen LogP contribution in [0.1, 0.15) is 145 Å². The normalized spacial score (nSPS) is 12.2. The third-order valence-electron chi connectivity index (χ3n) is 9.88. The molecule has 0 N–H and O–H groups in total. The van der Waals surface area contributed by atoms with Gasteiger partial charge in [0.25, 0.3) is 0 Å². The minimum absolute atomic E-state index is 0.777. The van der Waals surface area contributed by atoms with E-state index in [0.29, 0.717) is 0 Å². The summed E-state index contributed by atoms with van der Waals surface area (Å²) in [7, 11) is 0. The Bertz CT molecular complexity index is 1630. The molecule has 1 aliphatic heterocycles. The summed E-state index contributed by atoms with van der Waals surface area (Å²) in [6, 6.07) is 36.5. The summed E-state index contributed by atoms with van der Waals surface area (Å²) in [4.78, 5) is 0. The van der Waals surface area contributed by atoms with Gasteiger partial charge in [-0.1, -0.05) is 134 Å². The zero-order chi connectivity index (χ0) is 37.9. The van der Waals surface area contributed by atoms with E-state index in [9.17, 15) is 5.53 Å². The Hall–Kier alpha value is -3.95. The molecule has 54 heavy (non-hydrogen) atoms. The first-order valence-electron chi connectivity index (χ1n) is 20.8. The van der Waals surface area contributed by atoms with Crippen molar-refractivity contribution in [2.75, 3.05) is 0 Å². The summed E-state index contributed by atoms with van der Waals surface area (Å²) in [6.07, 6.45) is 29.4. The molecule has 292 valence electrons. The Kier molecular flexibility index (Phi) is 21.2. The van der Waals surface area contributed by atoms with Gasteiger partial charge in [0.15, 0.2) is 0 Å². The quantitative estimate of drug-likeness (QED) is 0.0383. The second kappa shape index (κ2) is 26.8. The van der Waals surface area contributed by atoms with Gasteiger partial charge in [-0.2, -0.15) is 0 Å². The minimum atomic E-state index is 0.777. The van der Waals surface area contributed by atoms with E-state index in [0.717, 1.165) is 61.9 Å². The summed E-state index contributed by atoms with van der Waals surface area (Å²) in [5.41, 5.74) is 17.7. The second-order valence-corrected chi connectivity index (χ2v) is 15.0. The molecule has 0 fully saturated rings. The standard InChI is InChI=1S/C37H54N2.2C6H6O.Ni/c1-3-5-7-9-11-12-13-14-15-17-19-23-33-25-21-27-35(31-33)37-29-28-36(39(37)38)34-26-20-24-32(30-34)22-18-16-10-8-6-4-2;2*7-6-4-2-1-3-5-6;/h20-21,24-31H,3-19,22-23H2,1-2H3;2*1-5,7H;/q;;;+2/p-2. The summed E-state index contributed by atoms with van der Waals surface area (Å²) in [5, 5.41) is 0. The van der Waals surface area contributed by atoms with Crippen molar-refractivity contribution in [2.45, 2.75) is 136 Å². The van der Waals surface area contributed by atoms with E-state index in [1.807, 2.05) is 60.7 Å². The first kappa shape index (κ1) is 42.8.